The third kappa shape index (κ3) is 2.43. The van der Waals surface area contributed by atoms with Crippen molar-refractivity contribution in [2.24, 2.45) is 0 Å². The summed E-state index contributed by atoms with van der Waals surface area (Å²) in [5.41, 5.74) is 1.43. The maximum Gasteiger partial charge on any atom is 0.265 e. The Balaban J connectivity index is 1.42. The van der Waals surface area contributed by atoms with Crippen LogP contribution in [0.1, 0.15) is 5.89 Å². The molecule has 0 fully saturated rings. The molecule has 2 aliphatic rings. The van der Waals surface area contributed by atoms with E-state index in [0.717, 1.165) is 5.56 Å². The van der Waals surface area contributed by atoms with Crippen molar-refractivity contribution in [3.05, 3.63) is 48.4 Å². The summed E-state index contributed by atoms with van der Waals surface area (Å²) >= 11 is 0. The van der Waals surface area contributed by atoms with E-state index in [1.807, 2.05) is 30.3 Å². The molecule has 0 radical (unpaired) electrons. The summed E-state index contributed by atoms with van der Waals surface area (Å²) in [7, 11) is 0. The Labute approximate surface area is 147 Å². The molecule has 0 saturated heterocycles. The summed E-state index contributed by atoms with van der Waals surface area (Å²) in [4.78, 5) is 18.2. The maximum absolute atomic E-state index is 12.2. The fourth-order valence-corrected chi connectivity index (χ4v) is 2.93. The number of hydrogen-bond donors (Lipinski definition) is 0. The van der Waals surface area contributed by atoms with Gasteiger partial charge in [0.25, 0.3) is 5.91 Å². The fourth-order valence-electron chi connectivity index (χ4n) is 2.93. The average molecular weight is 351 g/mol. The number of hydrogen-bond acceptors (Lipinski definition) is 7. The van der Waals surface area contributed by atoms with Crippen LogP contribution in [0.4, 0.5) is 5.69 Å². The number of benzene rings is 2. The SMILES string of the molecule is O=C1COc2ccccc2N1Cc1nc(-c2ccc3c(c2)OCO3)no1. The standard InChI is InChI=1S/C18H13N3O5/c22-17-9-23-13-4-2-1-3-12(13)21(17)8-16-19-18(20-26-16)11-5-6-14-15(7-11)25-10-24-14/h1-7H,8-10H2. The lowest BCUT2D eigenvalue weighted by Gasteiger charge is -2.27. The van der Waals surface area contributed by atoms with E-state index in [9.17, 15) is 4.79 Å². The molecule has 8 heteroatoms. The van der Waals surface area contributed by atoms with E-state index in [0.29, 0.717) is 34.7 Å². The molecule has 0 atom stereocenters. The van der Waals surface area contributed by atoms with Crippen LogP contribution in [-0.4, -0.2) is 29.4 Å². The summed E-state index contributed by atoms with van der Waals surface area (Å²) in [5, 5.41) is 4.01. The molecule has 5 rings (SSSR count). The van der Waals surface area contributed by atoms with Gasteiger partial charge in [0, 0.05) is 5.56 Å². The van der Waals surface area contributed by atoms with Crippen LogP contribution in [0.15, 0.2) is 47.0 Å². The van der Waals surface area contributed by atoms with Crippen molar-refractivity contribution < 1.29 is 23.5 Å². The minimum absolute atomic E-state index is 0.0137. The largest absolute Gasteiger partial charge is 0.482 e. The summed E-state index contributed by atoms with van der Waals surface area (Å²) in [6, 6.07) is 12.8. The van der Waals surface area contributed by atoms with Gasteiger partial charge in [-0.25, -0.2) is 0 Å². The van der Waals surface area contributed by atoms with E-state index in [2.05, 4.69) is 10.1 Å². The second-order valence-corrected chi connectivity index (χ2v) is 5.82. The van der Waals surface area contributed by atoms with Gasteiger partial charge < -0.3 is 18.7 Å². The molecule has 130 valence electrons. The molecule has 1 amide bonds. The maximum atomic E-state index is 12.2. The molecule has 2 aromatic carbocycles. The van der Waals surface area contributed by atoms with Crippen LogP contribution in [0.3, 0.4) is 0 Å². The van der Waals surface area contributed by atoms with Crippen LogP contribution in [0, 0.1) is 0 Å². The van der Waals surface area contributed by atoms with E-state index in [1.54, 1.807) is 17.0 Å². The van der Waals surface area contributed by atoms with E-state index in [4.69, 9.17) is 18.7 Å². The zero-order valence-corrected chi connectivity index (χ0v) is 13.5. The van der Waals surface area contributed by atoms with Gasteiger partial charge in [0.05, 0.1) is 5.69 Å². The number of nitrogens with zero attached hydrogens (tertiary/aromatic N) is 3. The van der Waals surface area contributed by atoms with Crippen LogP contribution in [0.25, 0.3) is 11.4 Å². The molecule has 0 N–H and O–H groups in total. The number of carbonyl (C=O) groups excluding carboxylic acids is 1. The molecule has 0 unspecified atom stereocenters. The molecule has 3 heterocycles. The Kier molecular flexibility index (Phi) is 3.27. The van der Waals surface area contributed by atoms with Gasteiger partial charge in [-0.05, 0) is 30.3 Å². The lowest BCUT2D eigenvalue weighted by atomic mass is 10.2. The van der Waals surface area contributed by atoms with Crippen molar-refractivity contribution in [1.29, 1.82) is 0 Å². The number of rotatable bonds is 3. The minimum Gasteiger partial charge on any atom is -0.482 e. The normalized spacial score (nSPS) is 14.9. The number of aromatic nitrogens is 2. The van der Waals surface area contributed by atoms with E-state index < -0.39 is 0 Å². The predicted octanol–water partition coefficient (Wildman–Crippen LogP) is 2.39. The summed E-state index contributed by atoms with van der Waals surface area (Å²) in [6.07, 6.45) is 0. The second kappa shape index (κ2) is 5.76. The first-order valence-electron chi connectivity index (χ1n) is 8.03. The number of anilines is 1. The zero-order chi connectivity index (χ0) is 17.5. The molecule has 0 bridgehead atoms. The van der Waals surface area contributed by atoms with Gasteiger partial charge in [-0.1, -0.05) is 17.3 Å². The van der Waals surface area contributed by atoms with E-state index in [-0.39, 0.29) is 25.9 Å². The Morgan fingerprint density at radius 2 is 1.88 bits per heavy atom. The number of amides is 1. The first-order valence-corrected chi connectivity index (χ1v) is 8.03. The molecular weight excluding hydrogens is 338 g/mol. The quantitative estimate of drug-likeness (QED) is 0.716. The summed E-state index contributed by atoms with van der Waals surface area (Å²) < 4.78 is 21.4. The van der Waals surface area contributed by atoms with Crippen LogP contribution >= 0.6 is 0 Å². The fraction of sp³-hybridized carbons (Fsp3) is 0.167. The van der Waals surface area contributed by atoms with Gasteiger partial charge in [0.15, 0.2) is 18.1 Å². The number of carbonyl (C=O) groups is 1. The van der Waals surface area contributed by atoms with Gasteiger partial charge in [-0.15, -0.1) is 0 Å². The average Bonchev–Trinajstić information content (AvgIpc) is 3.32. The van der Waals surface area contributed by atoms with Crippen LogP contribution in [-0.2, 0) is 11.3 Å². The molecule has 8 nitrogen and oxygen atoms in total. The van der Waals surface area contributed by atoms with Gasteiger partial charge in [-0.3, -0.25) is 9.69 Å². The Hall–Kier alpha value is -3.55. The van der Waals surface area contributed by atoms with Crippen LogP contribution < -0.4 is 19.1 Å². The highest BCUT2D eigenvalue weighted by Gasteiger charge is 2.27. The molecule has 0 saturated carbocycles. The minimum atomic E-state index is -0.161. The molecule has 1 aromatic heterocycles. The lowest BCUT2D eigenvalue weighted by molar-refractivity contribution is -0.121. The van der Waals surface area contributed by atoms with E-state index >= 15 is 0 Å². The van der Waals surface area contributed by atoms with Crippen LogP contribution in [0.5, 0.6) is 17.2 Å². The first-order chi connectivity index (χ1) is 12.8. The van der Waals surface area contributed by atoms with Crippen molar-refractivity contribution in [3.8, 4) is 28.6 Å². The van der Waals surface area contributed by atoms with Crippen molar-refractivity contribution >= 4 is 11.6 Å². The number of para-hydroxylation sites is 2. The summed E-state index contributed by atoms with van der Waals surface area (Å²) in [5.74, 6) is 2.59. The van der Waals surface area contributed by atoms with Gasteiger partial charge >= 0.3 is 0 Å². The summed E-state index contributed by atoms with van der Waals surface area (Å²) in [6.45, 7) is 0.367. The monoisotopic (exact) mass is 351 g/mol. The topological polar surface area (TPSA) is 86.9 Å². The van der Waals surface area contributed by atoms with Crippen molar-refractivity contribution in [2.45, 2.75) is 6.54 Å². The Bertz CT molecular complexity index is 1000. The zero-order valence-electron chi connectivity index (χ0n) is 13.5. The van der Waals surface area contributed by atoms with Crippen molar-refractivity contribution in [3.63, 3.8) is 0 Å². The highest BCUT2D eigenvalue weighted by molar-refractivity contribution is 5.97. The molecule has 0 aliphatic carbocycles. The molecular formula is C18H13N3O5. The second-order valence-electron chi connectivity index (χ2n) is 5.82. The third-order valence-corrected chi connectivity index (χ3v) is 4.20. The lowest BCUT2D eigenvalue weighted by Crippen LogP contribution is -2.38. The highest BCUT2D eigenvalue weighted by Crippen LogP contribution is 2.35. The predicted molar refractivity (Wildman–Crippen MR) is 89.0 cm³/mol. The van der Waals surface area contributed by atoms with Gasteiger partial charge in [0.1, 0.15) is 12.3 Å². The number of fused-ring (bicyclic) bond motifs is 2. The van der Waals surface area contributed by atoms with Gasteiger partial charge in [-0.2, -0.15) is 4.98 Å². The van der Waals surface area contributed by atoms with E-state index in [1.165, 1.54) is 0 Å². The third-order valence-electron chi connectivity index (χ3n) is 4.20. The smallest absolute Gasteiger partial charge is 0.265 e. The van der Waals surface area contributed by atoms with Crippen molar-refractivity contribution in [2.75, 3.05) is 18.3 Å². The van der Waals surface area contributed by atoms with Gasteiger partial charge in [0.2, 0.25) is 18.5 Å². The van der Waals surface area contributed by atoms with Crippen molar-refractivity contribution in [1.82, 2.24) is 10.1 Å². The Morgan fingerprint density at radius 3 is 2.85 bits per heavy atom. The molecule has 26 heavy (non-hydrogen) atoms. The van der Waals surface area contributed by atoms with Crippen LogP contribution in [0.2, 0.25) is 0 Å². The Morgan fingerprint density at radius 1 is 1.00 bits per heavy atom. The molecule has 0 spiro atoms. The molecule has 3 aromatic rings. The number of ether oxygens (including phenoxy) is 3. The first kappa shape index (κ1) is 14.8. The highest BCUT2D eigenvalue weighted by atomic mass is 16.7. The molecule has 2 aliphatic heterocycles.